The lowest BCUT2D eigenvalue weighted by atomic mass is 9.99. The number of rotatable bonds is 0. The second-order valence-electron chi connectivity index (χ2n) is 2.37. The van der Waals surface area contributed by atoms with Crippen LogP contribution in [-0.2, 0) is 0 Å². The molecule has 1 rings (SSSR count). The average molecular weight is 146 g/mol. The van der Waals surface area contributed by atoms with Crippen molar-refractivity contribution in [3.8, 4) is 6.07 Å². The molecule has 1 atom stereocenters. The molecule has 1 saturated heterocycles. The molecule has 1 N–H and O–H groups in total. The molecule has 4 heteroatoms. The number of nitrogens with one attached hydrogen (secondary N) is 1. The Labute approximate surface area is 57.8 Å². The Hall–Kier alpha value is -0.690. The fraction of sp³-hybridized carbons (Fsp3) is 0.833. The lowest BCUT2D eigenvalue weighted by Gasteiger charge is -2.27. The van der Waals surface area contributed by atoms with E-state index < -0.39 is 12.0 Å². The van der Waals surface area contributed by atoms with E-state index in [-0.39, 0.29) is 0 Å². The molecule has 0 saturated carbocycles. The molecule has 0 spiro atoms. The van der Waals surface area contributed by atoms with Crippen LogP contribution >= 0.6 is 0 Å². The van der Waals surface area contributed by atoms with Crippen molar-refractivity contribution in [2.45, 2.75) is 18.9 Å². The molecule has 0 amide bonds. The number of alkyl halides is 2. The average Bonchev–Trinajstić information content (AvgIpc) is 1.87. The monoisotopic (exact) mass is 146 g/mol. The molecule has 0 aromatic carbocycles. The molecule has 1 heterocycles. The van der Waals surface area contributed by atoms with E-state index in [1.807, 2.05) is 5.32 Å². The van der Waals surface area contributed by atoms with E-state index >= 15 is 0 Å². The summed E-state index contributed by atoms with van der Waals surface area (Å²) in [7, 11) is 0. The normalized spacial score (nSPS) is 31.1. The van der Waals surface area contributed by atoms with Crippen LogP contribution in [0.4, 0.5) is 8.78 Å². The third kappa shape index (κ3) is 1.24. The van der Waals surface area contributed by atoms with Crippen LogP contribution in [0.3, 0.4) is 0 Å². The van der Waals surface area contributed by atoms with Gasteiger partial charge in [0, 0.05) is 6.54 Å². The Morgan fingerprint density at radius 2 is 2.30 bits per heavy atom. The zero-order valence-electron chi connectivity index (χ0n) is 5.40. The van der Waals surface area contributed by atoms with Gasteiger partial charge in [-0.05, 0) is 12.8 Å². The molecular formula is C6H8F2N2. The summed E-state index contributed by atoms with van der Waals surface area (Å²) in [6.45, 7) is 0.311. The topological polar surface area (TPSA) is 35.8 Å². The van der Waals surface area contributed by atoms with Crippen LogP contribution in [0.15, 0.2) is 0 Å². The first-order valence-electron chi connectivity index (χ1n) is 3.19. The van der Waals surface area contributed by atoms with Crippen molar-refractivity contribution >= 4 is 0 Å². The van der Waals surface area contributed by atoms with Gasteiger partial charge in [-0.2, -0.15) is 14.0 Å². The third-order valence-corrected chi connectivity index (χ3v) is 1.62. The number of hydrogen-bond donors (Lipinski definition) is 1. The van der Waals surface area contributed by atoms with Gasteiger partial charge in [0.1, 0.15) is 5.92 Å². The van der Waals surface area contributed by atoms with Gasteiger partial charge in [-0.3, -0.25) is 5.32 Å². The van der Waals surface area contributed by atoms with Crippen LogP contribution in [0.25, 0.3) is 0 Å². The highest BCUT2D eigenvalue weighted by Gasteiger charge is 2.41. The van der Waals surface area contributed by atoms with Crippen LogP contribution in [0.5, 0.6) is 0 Å². The van der Waals surface area contributed by atoms with E-state index in [1.165, 1.54) is 0 Å². The predicted octanol–water partition coefficient (Wildman–Crippen LogP) is 1.10. The summed E-state index contributed by atoms with van der Waals surface area (Å²) in [5, 5.41) is 10.3. The van der Waals surface area contributed by atoms with Gasteiger partial charge in [-0.1, -0.05) is 0 Å². The molecule has 2 nitrogen and oxygen atoms in total. The first-order chi connectivity index (χ1) is 4.67. The molecular weight excluding hydrogens is 138 g/mol. The van der Waals surface area contributed by atoms with Gasteiger partial charge in [0.2, 0.25) is 0 Å². The standard InChI is InChI=1S/C6H8F2N2/c7-6(8)5(4-9)2-1-3-10-6/h5,10H,1-3H2/t5-/m1/s1. The van der Waals surface area contributed by atoms with Crippen LogP contribution in [-0.4, -0.2) is 12.6 Å². The molecule has 1 aliphatic rings. The summed E-state index contributed by atoms with van der Waals surface area (Å²) in [5.74, 6) is -1.14. The van der Waals surface area contributed by atoms with Crippen molar-refractivity contribution in [2.24, 2.45) is 5.92 Å². The molecule has 0 radical (unpaired) electrons. The van der Waals surface area contributed by atoms with E-state index in [0.717, 1.165) is 0 Å². The summed E-state index contributed by atoms with van der Waals surface area (Å²) in [5.41, 5.74) is 0. The van der Waals surface area contributed by atoms with Gasteiger partial charge in [0.25, 0.3) is 0 Å². The van der Waals surface area contributed by atoms with E-state index in [2.05, 4.69) is 0 Å². The maximum Gasteiger partial charge on any atom is 0.318 e. The highest BCUT2D eigenvalue weighted by Crippen LogP contribution is 2.28. The van der Waals surface area contributed by atoms with E-state index in [1.54, 1.807) is 6.07 Å². The Morgan fingerprint density at radius 1 is 1.60 bits per heavy atom. The Morgan fingerprint density at radius 3 is 2.70 bits per heavy atom. The van der Waals surface area contributed by atoms with Gasteiger partial charge in [0.05, 0.1) is 6.07 Å². The zero-order chi connectivity index (χ0) is 7.61. The van der Waals surface area contributed by atoms with Crippen LogP contribution < -0.4 is 5.32 Å². The molecule has 56 valence electrons. The van der Waals surface area contributed by atoms with Crippen molar-refractivity contribution in [1.82, 2.24) is 5.32 Å². The fourth-order valence-electron chi connectivity index (χ4n) is 1.01. The molecule has 1 aliphatic heterocycles. The number of hydrogen-bond acceptors (Lipinski definition) is 2. The first-order valence-corrected chi connectivity index (χ1v) is 3.19. The SMILES string of the molecule is N#C[C@H]1CCCNC1(F)F. The van der Waals surface area contributed by atoms with Crippen molar-refractivity contribution in [3.63, 3.8) is 0 Å². The van der Waals surface area contributed by atoms with Gasteiger partial charge in [-0.15, -0.1) is 0 Å². The van der Waals surface area contributed by atoms with E-state index in [0.29, 0.717) is 19.4 Å². The summed E-state index contributed by atoms with van der Waals surface area (Å²) in [6, 6.07) is -1.38. The highest BCUT2D eigenvalue weighted by atomic mass is 19.3. The number of nitrogens with zero attached hydrogens (tertiary/aromatic N) is 1. The van der Waals surface area contributed by atoms with E-state index in [9.17, 15) is 8.78 Å². The van der Waals surface area contributed by atoms with Gasteiger partial charge < -0.3 is 0 Å². The molecule has 1 fully saturated rings. The highest BCUT2D eigenvalue weighted by molar-refractivity contribution is 4.94. The summed E-state index contributed by atoms with van der Waals surface area (Å²) < 4.78 is 25.1. The number of nitriles is 1. The molecule has 0 unspecified atom stereocenters. The summed E-state index contributed by atoms with van der Waals surface area (Å²) in [6.07, 6.45) is 0.963. The van der Waals surface area contributed by atoms with Crippen molar-refractivity contribution in [3.05, 3.63) is 0 Å². The summed E-state index contributed by atoms with van der Waals surface area (Å²) >= 11 is 0. The third-order valence-electron chi connectivity index (χ3n) is 1.62. The van der Waals surface area contributed by atoms with Crippen molar-refractivity contribution < 1.29 is 8.78 Å². The fourth-order valence-corrected chi connectivity index (χ4v) is 1.01. The minimum atomic E-state index is -2.97. The molecule has 0 aromatic rings. The van der Waals surface area contributed by atoms with Gasteiger partial charge >= 0.3 is 6.05 Å². The lowest BCUT2D eigenvalue weighted by molar-refractivity contribution is -0.0866. The summed E-state index contributed by atoms with van der Waals surface area (Å²) in [4.78, 5) is 0. The zero-order valence-corrected chi connectivity index (χ0v) is 5.40. The largest absolute Gasteiger partial charge is 0.318 e. The maximum absolute atomic E-state index is 12.5. The molecule has 0 aromatic heterocycles. The Balaban J connectivity index is 2.62. The van der Waals surface area contributed by atoms with Crippen LogP contribution in [0, 0.1) is 17.2 Å². The number of piperidine rings is 1. The smallest absolute Gasteiger partial charge is 0.257 e. The predicted molar refractivity (Wildman–Crippen MR) is 31.3 cm³/mol. The minimum Gasteiger partial charge on any atom is -0.257 e. The minimum absolute atomic E-state index is 0.302. The number of halogens is 2. The molecule has 10 heavy (non-hydrogen) atoms. The molecule has 0 bridgehead atoms. The Bertz CT molecular complexity index is 162. The lowest BCUT2D eigenvalue weighted by Crippen LogP contribution is -2.47. The van der Waals surface area contributed by atoms with Gasteiger partial charge in [-0.25, -0.2) is 0 Å². The quantitative estimate of drug-likeness (QED) is 0.519. The Kier molecular flexibility index (Phi) is 1.86. The van der Waals surface area contributed by atoms with Crippen LogP contribution in [0.1, 0.15) is 12.8 Å². The van der Waals surface area contributed by atoms with Crippen molar-refractivity contribution in [2.75, 3.05) is 6.54 Å². The van der Waals surface area contributed by atoms with Crippen LogP contribution in [0.2, 0.25) is 0 Å². The van der Waals surface area contributed by atoms with E-state index in [4.69, 9.17) is 5.26 Å². The van der Waals surface area contributed by atoms with Crippen molar-refractivity contribution in [1.29, 1.82) is 5.26 Å². The maximum atomic E-state index is 12.5. The second-order valence-corrected chi connectivity index (χ2v) is 2.37. The molecule has 0 aliphatic carbocycles. The van der Waals surface area contributed by atoms with Gasteiger partial charge in [0.15, 0.2) is 0 Å². The second kappa shape index (κ2) is 2.51. The first kappa shape index (κ1) is 7.42.